The Kier molecular flexibility index (Phi) is 33.2. The average Bonchev–Trinajstić information content (AvgIpc) is 1.54. The van der Waals surface area contributed by atoms with E-state index in [1.807, 2.05) is 46.6 Å². The van der Waals surface area contributed by atoms with Gasteiger partial charge in [0.1, 0.15) is 71.5 Å². The van der Waals surface area contributed by atoms with E-state index in [-0.39, 0.29) is 177 Å². The molecule has 20 atom stereocenters. The van der Waals surface area contributed by atoms with E-state index in [0.717, 1.165) is 11.3 Å². The Bertz CT molecular complexity index is 5560. The number of rotatable bonds is 7. The van der Waals surface area contributed by atoms with Crippen molar-refractivity contribution in [2.75, 3.05) is 41.0 Å². The third kappa shape index (κ3) is 22.2. The third-order valence-electron chi connectivity index (χ3n) is 30.3. The quantitative estimate of drug-likeness (QED) is 0.0759. The van der Waals surface area contributed by atoms with Crippen molar-refractivity contribution in [3.8, 4) is 34.9 Å². The van der Waals surface area contributed by atoms with Crippen LogP contribution in [0.2, 0.25) is 0 Å². The Hall–Kier alpha value is -9.24. The molecule has 8 fully saturated rings. The standard InChI is InChI=1S/C33H39F4N4O6.C33H41F4N4O6.C33H41F2N4O6.3V/c1-16-23(15-42)41-14-25(16)46-28-26(38-21-9-8-18(45-5)13-22(21)39-28)33(36,37)32(34,35)10-6-7-19-20-11-17(20)12-24(19)47-30(44)40-27(29(41)43)31(2,3)4;1-18-23(17-42)41-16-24(18)46-27-25(38-21-12-11-20(45-6)15-22(21)39-27)33(36,37)32(34,35)14-8-10-19-9-7-13-31(19,5)47-29(44)40-26(28(41)43)30(2,3)4;1-6-20-23(17-40)39-16-25(20)44-28-26(36-21-10-9-19(43-5)15-22(21)37-28)33(34,35)32(12-13-32)11-7-8-18-14-24(18)45-30(42)38-27(29(39)41)31(2,3)4;;;/h8-9,13,16-17,19-20,23-25,27H,6-7,10-12,14H2,1-5H3,(H,40,44);11-12,15,18-19,23-24,26H,7-10,13-14,16H2,1-6H3,(H,40,44);9-10,15,18,20,23-25,27H,6-8,11-14,16H2,1-5H3,(H,38,42);;;/q3*-1;;;/t16-,17?,19+,20?,23+,24+,25-,27+;18-,19-,23+,24-,26+,31+;18-,20+,23-,24-,25+,27-;;;/m001.../s1. The number of fused-ring (bicyclic) bond motifs is 17. The van der Waals surface area contributed by atoms with Gasteiger partial charge in [-0.15, -0.1) is 0 Å². The molecule has 6 aliphatic heterocycles. The largest absolute Gasteiger partial charge is 0.540 e. The molecule has 5 aliphatic carbocycles. The van der Waals surface area contributed by atoms with E-state index in [0.29, 0.717) is 87.0 Å². The van der Waals surface area contributed by atoms with Gasteiger partial charge in [-0.2, -0.15) is 43.9 Å². The van der Waals surface area contributed by atoms with E-state index in [1.54, 1.807) is 80.5 Å². The summed E-state index contributed by atoms with van der Waals surface area (Å²) in [5, 5.41) is 8.13. The Balaban J connectivity index is 0.000000188. The molecule has 142 heavy (non-hydrogen) atoms. The number of alkyl halides is 10. The zero-order valence-electron chi connectivity index (χ0n) is 82.0. The first-order valence-electron chi connectivity index (χ1n) is 47.7. The second-order valence-corrected chi connectivity index (χ2v) is 42.8. The van der Waals surface area contributed by atoms with Crippen LogP contribution in [-0.4, -0.2) is 225 Å². The molecule has 6 bridgehead atoms. The van der Waals surface area contributed by atoms with E-state index < -0.39 is 213 Å². The summed E-state index contributed by atoms with van der Waals surface area (Å²) in [6, 6.07) is 6.52. The van der Waals surface area contributed by atoms with Gasteiger partial charge in [0.15, 0.2) is 17.1 Å². The topological polar surface area (TPSA) is 360 Å². The van der Waals surface area contributed by atoms with Crippen LogP contribution in [0.4, 0.5) is 58.3 Å². The number of alkyl carbamates (subject to hydrolysis) is 3. The van der Waals surface area contributed by atoms with Crippen molar-refractivity contribution in [1.29, 1.82) is 0 Å². The van der Waals surface area contributed by atoms with Gasteiger partial charge in [-0.25, -0.2) is 63.1 Å². The number of carbonyl (C=O) groups excluding carboxylic acids is 9. The van der Waals surface area contributed by atoms with Gasteiger partial charge in [0.05, 0.1) is 74.1 Å². The molecule has 1 spiro atoms. The molecule has 3 aromatic heterocycles. The minimum Gasteiger partial charge on any atom is -0.540 e. The first kappa shape index (κ1) is 112. The summed E-state index contributed by atoms with van der Waals surface area (Å²) in [5.74, 6) is -27.0. The molecule has 11 aliphatic rings. The predicted octanol–water partition coefficient (Wildman–Crippen LogP) is 16.7. The van der Waals surface area contributed by atoms with Crippen molar-refractivity contribution < 1.29 is 185 Å². The zero-order valence-corrected chi connectivity index (χ0v) is 86.2. The van der Waals surface area contributed by atoms with E-state index in [4.69, 9.17) is 42.6 Å². The molecule has 6 amide bonds. The first-order valence-corrected chi connectivity index (χ1v) is 47.7. The summed E-state index contributed by atoms with van der Waals surface area (Å²) >= 11 is 0. The summed E-state index contributed by atoms with van der Waals surface area (Å²) in [5.41, 5.74) is -7.39. The van der Waals surface area contributed by atoms with Crippen LogP contribution in [0.5, 0.6) is 34.9 Å². The van der Waals surface area contributed by atoms with Gasteiger partial charge < -0.3 is 87.7 Å². The van der Waals surface area contributed by atoms with E-state index in [2.05, 4.69) is 45.9 Å². The fourth-order valence-electron chi connectivity index (χ4n) is 21.4. The SMILES string of the molecule is CC[C@@H]1[C@@H]2CN(C(=O)[C@H](C(C)(C)C)NC(=O)O[C@@H]3C[C@H]3CCCC3(CC3)C(F)(F)c3nc4ccc(OC)cc4nc3O2)[C@@H]1[C-]=O.COc1ccc2nc3c(nc2c1)O[C@H]1CN(C(=O)[C@H](C(C)(C)C)NC(=O)O[C@@H]2CC4CC4[C@H]2CCCC(F)(F)C3(F)F)[C@H]([C-]=O)[C@@H]1C.COc1ccc2nc3c(nc2c1)O[C@H]1CN(C(=O)[C@H](C(C)(C)C)NC(=O)O[C@]2(C)CCC[C@H]2CCCC(F)(F)C3(F)F)[C@H]([C-]=O)[C@@H]1C.[V].[V].[V]. The van der Waals surface area contributed by atoms with Crippen LogP contribution in [0.3, 0.4) is 0 Å². The summed E-state index contributed by atoms with van der Waals surface area (Å²) in [6.07, 6.45) is 2.84. The Morgan fingerprint density at radius 1 is 0.415 bits per heavy atom. The van der Waals surface area contributed by atoms with Crippen LogP contribution >= 0.6 is 0 Å². The van der Waals surface area contributed by atoms with Crippen molar-refractivity contribution in [2.45, 2.75) is 308 Å². The Labute approximate surface area is 852 Å². The second kappa shape index (κ2) is 42.3. The van der Waals surface area contributed by atoms with E-state index in [1.165, 1.54) is 67.5 Å². The first-order chi connectivity index (χ1) is 65.3. The number of amides is 6. The Morgan fingerprint density at radius 3 is 1.18 bits per heavy atom. The molecule has 3 aromatic carbocycles. The van der Waals surface area contributed by atoms with Crippen molar-refractivity contribution in [3.05, 3.63) is 71.7 Å². The molecule has 3 N–H and O–H groups in total. The van der Waals surface area contributed by atoms with Crippen molar-refractivity contribution >= 4 is 88.0 Å². The van der Waals surface area contributed by atoms with Gasteiger partial charge in [-0.1, -0.05) is 114 Å². The van der Waals surface area contributed by atoms with Crippen LogP contribution in [0.25, 0.3) is 33.1 Å². The molecular weight excluding hydrogens is 1990 g/mol. The summed E-state index contributed by atoms with van der Waals surface area (Å²) in [4.78, 5) is 147. The number of carbonyl (C=O) groups is 6. The van der Waals surface area contributed by atoms with Crippen molar-refractivity contribution in [1.82, 2.24) is 60.6 Å². The molecule has 30 nitrogen and oxygen atoms in total. The predicted molar refractivity (Wildman–Crippen MR) is 482 cm³/mol. The van der Waals surface area contributed by atoms with Gasteiger partial charge in [0, 0.05) is 92.1 Å². The summed E-state index contributed by atoms with van der Waals surface area (Å²) < 4.78 is 211. The fourth-order valence-corrected chi connectivity index (χ4v) is 21.4. The van der Waals surface area contributed by atoms with Gasteiger partial charge in [-0.05, 0) is 197 Å². The third-order valence-corrected chi connectivity index (χ3v) is 30.3. The number of nitrogens with one attached hydrogen (secondary N) is 3. The van der Waals surface area contributed by atoms with Gasteiger partial charge in [0.2, 0.25) is 35.4 Å². The number of halogens is 10. The van der Waals surface area contributed by atoms with Crippen molar-refractivity contribution in [2.24, 2.45) is 69.0 Å². The number of ether oxygens (including phenoxy) is 9. The monoisotopic (exact) mass is 2110 g/mol. The van der Waals surface area contributed by atoms with Crippen LogP contribution in [0.1, 0.15) is 223 Å². The molecule has 5 saturated carbocycles. The van der Waals surface area contributed by atoms with Gasteiger partial charge >= 0.3 is 47.9 Å². The molecule has 2 unspecified atom stereocenters. The minimum absolute atomic E-state index is 0. The summed E-state index contributed by atoms with van der Waals surface area (Å²) in [7, 11) is 4.29. The van der Waals surface area contributed by atoms with E-state index >= 15 is 43.9 Å². The van der Waals surface area contributed by atoms with Crippen molar-refractivity contribution in [3.63, 3.8) is 0 Å². The Morgan fingerprint density at radius 2 is 0.782 bits per heavy atom. The molecule has 773 valence electrons. The van der Waals surface area contributed by atoms with Gasteiger partial charge in [0.25, 0.3) is 0 Å². The molecule has 43 heteroatoms. The number of nitrogens with zero attached hydrogens (tertiary/aromatic N) is 9. The number of aromatic nitrogens is 6. The maximum absolute atomic E-state index is 16.7. The van der Waals surface area contributed by atoms with Crippen LogP contribution < -0.4 is 44.4 Å². The van der Waals surface area contributed by atoms with Crippen LogP contribution in [0, 0.1) is 69.0 Å². The minimum atomic E-state index is -4.81. The number of benzene rings is 3. The molecule has 9 heterocycles. The van der Waals surface area contributed by atoms with E-state index in [9.17, 15) is 43.2 Å². The number of methoxy groups -OCH3 is 3. The smallest absolute Gasteiger partial charge is 0.408 e. The molecule has 17 rings (SSSR count). The molecule has 3 saturated heterocycles. The molecule has 6 aromatic rings. The maximum atomic E-state index is 16.7. The summed E-state index contributed by atoms with van der Waals surface area (Å²) in [6.45, 7) is 21.8. The number of hydrogen-bond donors (Lipinski definition) is 3. The zero-order chi connectivity index (χ0) is 101. The normalized spacial score (nSPS) is 31.4. The van der Waals surface area contributed by atoms with Crippen LogP contribution in [0.15, 0.2) is 54.6 Å². The second-order valence-electron chi connectivity index (χ2n) is 42.8. The van der Waals surface area contributed by atoms with Gasteiger partial charge in [-0.3, -0.25) is 14.4 Å². The maximum Gasteiger partial charge on any atom is 0.408 e. The van der Waals surface area contributed by atoms with Crippen LogP contribution in [-0.2, 0) is 116 Å². The molecular formula is C99H121F10N12O18V3-3. The number of hydrogen-bond acceptors (Lipinski definition) is 24. The molecule has 3 radical (unpaired) electrons. The fraction of sp³-hybridized carbons (Fsp3) is 0.667. The average molecular weight is 2110 g/mol.